The summed E-state index contributed by atoms with van der Waals surface area (Å²) in [4.78, 5) is 0. The molecule has 1 aromatic carbocycles. The molecule has 2 aliphatic heterocycles. The Morgan fingerprint density at radius 3 is 2.90 bits per heavy atom. The van der Waals surface area contributed by atoms with E-state index in [1.807, 2.05) is 0 Å². The summed E-state index contributed by atoms with van der Waals surface area (Å²) in [5, 5.41) is 3.96. The van der Waals surface area contributed by atoms with E-state index < -0.39 is 0 Å². The second kappa shape index (κ2) is 5.94. The molecule has 1 aromatic rings. The second-order valence-electron chi connectivity index (χ2n) is 6.79. The SMILES string of the molecule is c1ccc2c(c1)CCC2NC1CCOC2(CCSCC2)C1. The van der Waals surface area contributed by atoms with E-state index in [2.05, 4.69) is 41.3 Å². The number of fused-ring (bicyclic) bond motifs is 1. The van der Waals surface area contributed by atoms with Crippen molar-refractivity contribution in [2.24, 2.45) is 0 Å². The minimum absolute atomic E-state index is 0.194. The minimum atomic E-state index is 0.194. The molecule has 4 rings (SSSR count). The highest BCUT2D eigenvalue weighted by Gasteiger charge is 2.39. The molecule has 0 bridgehead atoms. The lowest BCUT2D eigenvalue weighted by Crippen LogP contribution is -2.49. The van der Waals surface area contributed by atoms with Crippen LogP contribution in [0.4, 0.5) is 0 Å². The second-order valence-corrected chi connectivity index (χ2v) is 8.02. The van der Waals surface area contributed by atoms with Crippen LogP contribution in [-0.2, 0) is 11.2 Å². The molecule has 114 valence electrons. The summed E-state index contributed by atoms with van der Waals surface area (Å²) in [5.41, 5.74) is 3.28. The summed E-state index contributed by atoms with van der Waals surface area (Å²) < 4.78 is 6.22. The fraction of sp³-hybridized carbons (Fsp3) is 0.667. The monoisotopic (exact) mass is 303 g/mol. The third kappa shape index (κ3) is 2.88. The van der Waals surface area contributed by atoms with Gasteiger partial charge in [0.15, 0.2) is 0 Å². The smallest absolute Gasteiger partial charge is 0.0713 e. The number of hydrogen-bond donors (Lipinski definition) is 1. The Kier molecular flexibility index (Phi) is 3.99. The normalized spacial score (nSPS) is 31.2. The Morgan fingerprint density at radius 2 is 2.00 bits per heavy atom. The Balaban J connectivity index is 1.43. The minimum Gasteiger partial charge on any atom is -0.375 e. The molecule has 1 N–H and O–H groups in total. The van der Waals surface area contributed by atoms with Crippen LogP contribution < -0.4 is 5.32 Å². The molecular weight excluding hydrogens is 278 g/mol. The summed E-state index contributed by atoms with van der Waals surface area (Å²) in [6, 6.07) is 10.2. The van der Waals surface area contributed by atoms with Gasteiger partial charge in [0, 0.05) is 18.7 Å². The predicted octanol–water partition coefficient (Wildman–Crippen LogP) is 3.71. The number of rotatable bonds is 2. The molecule has 2 atom stereocenters. The third-order valence-electron chi connectivity index (χ3n) is 5.47. The average Bonchev–Trinajstić information content (AvgIpc) is 2.92. The first-order valence-electron chi connectivity index (χ1n) is 8.40. The summed E-state index contributed by atoms with van der Waals surface area (Å²) >= 11 is 2.09. The molecule has 0 aromatic heterocycles. The molecule has 0 radical (unpaired) electrons. The highest BCUT2D eigenvalue weighted by Crippen LogP contribution is 2.39. The molecule has 2 fully saturated rings. The van der Waals surface area contributed by atoms with E-state index >= 15 is 0 Å². The number of nitrogens with one attached hydrogen (secondary N) is 1. The summed E-state index contributed by atoms with van der Waals surface area (Å²) in [6.45, 7) is 0.941. The van der Waals surface area contributed by atoms with Crippen LogP contribution in [0.2, 0.25) is 0 Å². The van der Waals surface area contributed by atoms with Gasteiger partial charge in [0.1, 0.15) is 0 Å². The summed E-state index contributed by atoms with van der Waals surface area (Å²) in [6.07, 6.45) is 7.38. The summed E-state index contributed by atoms with van der Waals surface area (Å²) in [5.74, 6) is 2.55. The number of aryl methyl sites for hydroxylation is 1. The highest BCUT2D eigenvalue weighted by molar-refractivity contribution is 7.99. The molecule has 2 heterocycles. The third-order valence-corrected chi connectivity index (χ3v) is 6.45. The van der Waals surface area contributed by atoms with E-state index in [4.69, 9.17) is 4.74 Å². The lowest BCUT2D eigenvalue weighted by atomic mass is 9.85. The van der Waals surface area contributed by atoms with Gasteiger partial charge in [0.2, 0.25) is 0 Å². The molecule has 3 heteroatoms. The zero-order valence-electron chi connectivity index (χ0n) is 12.6. The zero-order valence-corrected chi connectivity index (χ0v) is 13.5. The molecule has 0 saturated carbocycles. The van der Waals surface area contributed by atoms with Gasteiger partial charge in [-0.25, -0.2) is 0 Å². The highest BCUT2D eigenvalue weighted by atomic mass is 32.2. The van der Waals surface area contributed by atoms with E-state index in [0.29, 0.717) is 12.1 Å². The maximum absolute atomic E-state index is 6.22. The van der Waals surface area contributed by atoms with Gasteiger partial charge < -0.3 is 10.1 Å². The van der Waals surface area contributed by atoms with E-state index in [-0.39, 0.29) is 5.60 Å². The maximum Gasteiger partial charge on any atom is 0.0713 e. The van der Waals surface area contributed by atoms with Crippen LogP contribution in [0.1, 0.15) is 49.3 Å². The molecular formula is C18H25NOS. The molecule has 2 nitrogen and oxygen atoms in total. The molecule has 3 aliphatic rings. The molecule has 1 spiro atoms. The van der Waals surface area contributed by atoms with Crippen LogP contribution in [0.3, 0.4) is 0 Å². The van der Waals surface area contributed by atoms with Crippen molar-refractivity contribution < 1.29 is 4.74 Å². The van der Waals surface area contributed by atoms with Gasteiger partial charge in [-0.3, -0.25) is 0 Å². The van der Waals surface area contributed by atoms with Gasteiger partial charge in [-0.05, 0) is 61.2 Å². The molecule has 2 saturated heterocycles. The van der Waals surface area contributed by atoms with Crippen LogP contribution in [0.25, 0.3) is 0 Å². The Labute approximate surface area is 132 Å². The fourth-order valence-corrected chi connectivity index (χ4v) is 5.51. The predicted molar refractivity (Wildman–Crippen MR) is 88.9 cm³/mol. The lowest BCUT2D eigenvalue weighted by molar-refractivity contribution is -0.0942. The quantitative estimate of drug-likeness (QED) is 0.900. The number of hydrogen-bond acceptors (Lipinski definition) is 3. The van der Waals surface area contributed by atoms with Gasteiger partial charge >= 0.3 is 0 Å². The molecule has 2 unspecified atom stereocenters. The van der Waals surface area contributed by atoms with Crippen LogP contribution >= 0.6 is 11.8 Å². The number of ether oxygens (including phenoxy) is 1. The van der Waals surface area contributed by atoms with Crippen LogP contribution in [0, 0.1) is 0 Å². The Morgan fingerprint density at radius 1 is 1.14 bits per heavy atom. The first kappa shape index (κ1) is 14.1. The van der Waals surface area contributed by atoms with Crippen LogP contribution in [-0.4, -0.2) is 29.8 Å². The lowest BCUT2D eigenvalue weighted by Gasteiger charge is -2.44. The van der Waals surface area contributed by atoms with Gasteiger partial charge in [-0.15, -0.1) is 0 Å². The first-order chi connectivity index (χ1) is 10.3. The number of thioether (sulfide) groups is 1. The standard InChI is InChI=1S/C18H25NOS/c1-2-4-16-14(3-1)5-6-17(16)19-15-7-10-20-18(13-15)8-11-21-12-9-18/h1-4,15,17,19H,5-13H2. The number of benzene rings is 1. The van der Waals surface area contributed by atoms with Gasteiger partial charge in [0.05, 0.1) is 5.60 Å². The van der Waals surface area contributed by atoms with Crippen molar-refractivity contribution in [3.05, 3.63) is 35.4 Å². The van der Waals surface area contributed by atoms with E-state index in [0.717, 1.165) is 6.61 Å². The van der Waals surface area contributed by atoms with Gasteiger partial charge in [0.25, 0.3) is 0 Å². The summed E-state index contributed by atoms with van der Waals surface area (Å²) in [7, 11) is 0. The maximum atomic E-state index is 6.22. The Bertz CT molecular complexity index is 492. The van der Waals surface area contributed by atoms with Crippen molar-refractivity contribution >= 4 is 11.8 Å². The largest absolute Gasteiger partial charge is 0.375 e. The van der Waals surface area contributed by atoms with Gasteiger partial charge in [-0.2, -0.15) is 11.8 Å². The molecule has 21 heavy (non-hydrogen) atoms. The fourth-order valence-electron chi connectivity index (χ4n) is 4.28. The van der Waals surface area contributed by atoms with Crippen molar-refractivity contribution in [1.82, 2.24) is 5.32 Å². The molecule has 1 aliphatic carbocycles. The van der Waals surface area contributed by atoms with E-state index in [9.17, 15) is 0 Å². The van der Waals surface area contributed by atoms with Crippen molar-refractivity contribution in [1.29, 1.82) is 0 Å². The van der Waals surface area contributed by atoms with Crippen molar-refractivity contribution in [3.63, 3.8) is 0 Å². The van der Waals surface area contributed by atoms with Gasteiger partial charge in [-0.1, -0.05) is 24.3 Å². The van der Waals surface area contributed by atoms with Crippen LogP contribution in [0.5, 0.6) is 0 Å². The average molecular weight is 303 g/mol. The zero-order chi connectivity index (χ0) is 14.1. The molecule has 0 amide bonds. The van der Waals surface area contributed by atoms with Crippen molar-refractivity contribution in [3.8, 4) is 0 Å². The van der Waals surface area contributed by atoms with Crippen LogP contribution in [0.15, 0.2) is 24.3 Å². The van der Waals surface area contributed by atoms with E-state index in [1.165, 1.54) is 55.6 Å². The topological polar surface area (TPSA) is 21.3 Å². The van der Waals surface area contributed by atoms with Crippen molar-refractivity contribution in [2.45, 2.75) is 56.2 Å². The first-order valence-corrected chi connectivity index (χ1v) is 9.56. The van der Waals surface area contributed by atoms with E-state index in [1.54, 1.807) is 5.56 Å². The van der Waals surface area contributed by atoms with Crippen molar-refractivity contribution in [2.75, 3.05) is 18.1 Å². The Hall–Kier alpha value is -0.510.